The second-order valence-electron chi connectivity index (χ2n) is 6.50. The molecule has 0 bridgehead atoms. The van der Waals surface area contributed by atoms with E-state index in [1.54, 1.807) is 0 Å². The molecule has 0 fully saturated rings. The Balaban J connectivity index is 4.87. The van der Waals surface area contributed by atoms with Gasteiger partial charge in [-0.15, -0.1) is 0 Å². The number of amides is 2. The molecule has 0 radical (unpaired) electrons. The van der Waals surface area contributed by atoms with Crippen LogP contribution >= 0.6 is 0 Å². The number of nitrogens with zero attached hydrogens (tertiary/aromatic N) is 2. The number of hydrogen-bond acceptors (Lipinski definition) is 6. The van der Waals surface area contributed by atoms with E-state index in [0.29, 0.717) is 25.8 Å². The molecule has 0 saturated carbocycles. The molecule has 0 aromatic rings. The summed E-state index contributed by atoms with van der Waals surface area (Å²) in [5.74, 6) is -2.46. The molecular formula is C16H33N9O4. The number of guanidine groups is 2. The van der Waals surface area contributed by atoms with Crippen LogP contribution in [0.4, 0.5) is 0 Å². The molecule has 13 N–H and O–H groups in total. The van der Waals surface area contributed by atoms with Gasteiger partial charge in [-0.1, -0.05) is 0 Å². The monoisotopic (exact) mass is 415 g/mol. The number of carbonyl (C=O) groups excluding carboxylic acids is 2. The number of nitrogens with one attached hydrogen (secondary N) is 2. The van der Waals surface area contributed by atoms with Gasteiger partial charge in [-0.2, -0.15) is 0 Å². The normalized spacial score (nSPS) is 13.4. The third kappa shape index (κ3) is 12.8. The van der Waals surface area contributed by atoms with Crippen molar-refractivity contribution in [2.24, 2.45) is 38.7 Å². The van der Waals surface area contributed by atoms with Gasteiger partial charge in [0.2, 0.25) is 11.8 Å². The Morgan fingerprint density at radius 1 is 0.828 bits per heavy atom. The van der Waals surface area contributed by atoms with E-state index < -0.39 is 35.9 Å². The standard InChI is InChI=1S/C16H33N9O4/c1-9(17)12(26)24-10(6-4-8-23-16(20)21)13(27)25-11(14(28)29)5-2-3-7-22-15(18)19/h9-11H,2-8,17H2,1H3,(H,24,26)(H,25,27)(H,28,29)(H4,18,19,22)(H4,20,21,23)/t9-,10+,11-/m0/s1. The molecule has 2 amide bonds. The van der Waals surface area contributed by atoms with Crippen molar-refractivity contribution in [2.75, 3.05) is 13.1 Å². The van der Waals surface area contributed by atoms with Gasteiger partial charge in [0.15, 0.2) is 11.9 Å². The number of hydrogen-bond donors (Lipinski definition) is 8. The van der Waals surface area contributed by atoms with Gasteiger partial charge in [-0.25, -0.2) is 4.79 Å². The molecule has 0 aromatic carbocycles. The Labute approximate surface area is 169 Å². The SMILES string of the molecule is C[C@H](N)C(=O)N[C@H](CCCN=C(N)N)C(=O)N[C@@H](CCCCN=C(N)N)C(=O)O. The van der Waals surface area contributed by atoms with E-state index in [1.807, 2.05) is 0 Å². The lowest BCUT2D eigenvalue weighted by Gasteiger charge is -2.22. The lowest BCUT2D eigenvalue weighted by Crippen LogP contribution is -2.54. The van der Waals surface area contributed by atoms with E-state index in [0.717, 1.165) is 0 Å². The van der Waals surface area contributed by atoms with E-state index in [1.165, 1.54) is 6.92 Å². The summed E-state index contributed by atoms with van der Waals surface area (Å²) in [6.45, 7) is 2.09. The smallest absolute Gasteiger partial charge is 0.326 e. The maximum atomic E-state index is 12.6. The summed E-state index contributed by atoms with van der Waals surface area (Å²) in [6, 6.07) is -2.91. The predicted molar refractivity (Wildman–Crippen MR) is 110 cm³/mol. The van der Waals surface area contributed by atoms with Crippen molar-refractivity contribution < 1.29 is 19.5 Å². The highest BCUT2D eigenvalue weighted by Crippen LogP contribution is 2.05. The van der Waals surface area contributed by atoms with Crippen molar-refractivity contribution in [3.63, 3.8) is 0 Å². The highest BCUT2D eigenvalue weighted by atomic mass is 16.4. The zero-order valence-electron chi connectivity index (χ0n) is 16.6. The minimum Gasteiger partial charge on any atom is -0.480 e. The fourth-order valence-corrected chi connectivity index (χ4v) is 2.27. The van der Waals surface area contributed by atoms with Gasteiger partial charge in [0.05, 0.1) is 6.04 Å². The molecule has 3 atom stereocenters. The molecule has 0 aliphatic heterocycles. The first-order valence-corrected chi connectivity index (χ1v) is 9.24. The number of aliphatic carboxylic acids is 1. The molecule has 0 aliphatic carbocycles. The maximum absolute atomic E-state index is 12.6. The number of unbranched alkanes of at least 4 members (excludes halogenated alkanes) is 1. The lowest BCUT2D eigenvalue weighted by atomic mass is 10.1. The minimum atomic E-state index is -1.18. The van der Waals surface area contributed by atoms with Gasteiger partial charge in [0.25, 0.3) is 0 Å². The first kappa shape index (κ1) is 25.9. The molecule has 166 valence electrons. The second kappa shape index (κ2) is 14.0. The summed E-state index contributed by atoms with van der Waals surface area (Å²) in [4.78, 5) is 43.5. The van der Waals surface area contributed by atoms with Crippen LogP contribution in [0.2, 0.25) is 0 Å². The molecule has 0 spiro atoms. The Morgan fingerprint density at radius 3 is 1.79 bits per heavy atom. The van der Waals surface area contributed by atoms with Gasteiger partial charge in [-0.05, 0) is 39.0 Å². The van der Waals surface area contributed by atoms with Crippen molar-refractivity contribution >= 4 is 29.7 Å². The molecule has 13 nitrogen and oxygen atoms in total. The highest BCUT2D eigenvalue weighted by molar-refractivity contribution is 5.91. The third-order valence-electron chi connectivity index (χ3n) is 3.80. The summed E-state index contributed by atoms with van der Waals surface area (Å²) in [7, 11) is 0. The van der Waals surface area contributed by atoms with Crippen molar-refractivity contribution in [3.05, 3.63) is 0 Å². The van der Waals surface area contributed by atoms with Gasteiger partial charge >= 0.3 is 5.97 Å². The summed E-state index contributed by atoms with van der Waals surface area (Å²) in [6.07, 6.45) is 1.82. The Kier molecular flexibility index (Phi) is 12.5. The van der Waals surface area contributed by atoms with Crippen LogP contribution in [-0.4, -0.2) is 66.0 Å². The number of aliphatic imine (C=N–C) groups is 2. The molecule has 0 saturated heterocycles. The molecular weight excluding hydrogens is 382 g/mol. The Morgan fingerprint density at radius 2 is 1.31 bits per heavy atom. The summed E-state index contributed by atoms with van der Waals surface area (Å²) < 4.78 is 0. The molecule has 0 rings (SSSR count). The van der Waals surface area contributed by atoms with E-state index in [2.05, 4.69) is 20.6 Å². The number of carbonyl (C=O) groups is 3. The number of carboxylic acids is 1. The zero-order chi connectivity index (χ0) is 22.4. The van der Waals surface area contributed by atoms with Crippen molar-refractivity contribution in [1.29, 1.82) is 0 Å². The summed E-state index contributed by atoms with van der Waals surface area (Å²) in [5.41, 5.74) is 26.5. The van der Waals surface area contributed by atoms with Crippen LogP contribution in [0.1, 0.15) is 39.0 Å². The van der Waals surface area contributed by atoms with Gasteiger partial charge in [0, 0.05) is 13.1 Å². The highest BCUT2D eigenvalue weighted by Gasteiger charge is 2.26. The number of rotatable bonds is 14. The predicted octanol–water partition coefficient (Wildman–Crippen LogP) is -3.11. The van der Waals surface area contributed by atoms with Crippen molar-refractivity contribution in [2.45, 2.75) is 57.2 Å². The second-order valence-corrected chi connectivity index (χ2v) is 6.50. The molecule has 29 heavy (non-hydrogen) atoms. The van der Waals surface area contributed by atoms with Crippen LogP contribution in [0.3, 0.4) is 0 Å². The van der Waals surface area contributed by atoms with Crippen LogP contribution in [0.15, 0.2) is 9.98 Å². The van der Waals surface area contributed by atoms with Crippen LogP contribution in [0.25, 0.3) is 0 Å². The van der Waals surface area contributed by atoms with E-state index >= 15 is 0 Å². The van der Waals surface area contributed by atoms with Gasteiger partial charge in [-0.3, -0.25) is 19.6 Å². The Bertz CT molecular complexity index is 599. The van der Waals surface area contributed by atoms with Crippen molar-refractivity contribution in [3.8, 4) is 0 Å². The van der Waals surface area contributed by atoms with Gasteiger partial charge < -0.3 is 44.4 Å². The quantitative estimate of drug-likeness (QED) is 0.0810. The zero-order valence-corrected chi connectivity index (χ0v) is 16.6. The van der Waals surface area contributed by atoms with E-state index in [9.17, 15) is 19.5 Å². The fraction of sp³-hybridized carbons (Fsp3) is 0.688. The summed E-state index contributed by atoms with van der Waals surface area (Å²) in [5, 5.41) is 14.3. The molecule has 0 heterocycles. The molecule has 0 aromatic heterocycles. The fourth-order valence-electron chi connectivity index (χ4n) is 2.27. The number of nitrogens with two attached hydrogens (primary N) is 5. The number of carboxylic acid groups (broad SMARTS) is 1. The van der Waals surface area contributed by atoms with Crippen LogP contribution in [0.5, 0.6) is 0 Å². The van der Waals surface area contributed by atoms with Crippen LogP contribution in [-0.2, 0) is 14.4 Å². The first-order chi connectivity index (χ1) is 13.5. The Hall–Kier alpha value is -3.09. The third-order valence-corrected chi connectivity index (χ3v) is 3.80. The average molecular weight is 415 g/mol. The van der Waals surface area contributed by atoms with Gasteiger partial charge in [0.1, 0.15) is 12.1 Å². The topological polar surface area (TPSA) is 250 Å². The van der Waals surface area contributed by atoms with E-state index in [-0.39, 0.29) is 31.3 Å². The largest absolute Gasteiger partial charge is 0.480 e. The summed E-state index contributed by atoms with van der Waals surface area (Å²) >= 11 is 0. The van der Waals surface area contributed by atoms with Crippen molar-refractivity contribution in [1.82, 2.24) is 10.6 Å². The van der Waals surface area contributed by atoms with E-state index in [4.69, 9.17) is 28.7 Å². The first-order valence-electron chi connectivity index (χ1n) is 9.24. The lowest BCUT2D eigenvalue weighted by molar-refractivity contribution is -0.142. The average Bonchev–Trinajstić information content (AvgIpc) is 2.61. The molecule has 0 aliphatic rings. The maximum Gasteiger partial charge on any atom is 0.326 e. The minimum absolute atomic E-state index is 0.0403. The molecule has 0 unspecified atom stereocenters. The molecule has 13 heteroatoms. The van der Waals surface area contributed by atoms with Crippen LogP contribution in [0, 0.1) is 0 Å². The van der Waals surface area contributed by atoms with Crippen LogP contribution < -0.4 is 39.3 Å².